The molecule has 0 saturated carbocycles. The monoisotopic (exact) mass is 564 g/mol. The average Bonchev–Trinajstić information content (AvgIpc) is 3.30. The number of carboxylic acids is 2. The van der Waals surface area contributed by atoms with Gasteiger partial charge in [0, 0.05) is 12.2 Å². The van der Waals surface area contributed by atoms with E-state index in [-0.39, 0.29) is 12.5 Å². The maximum absolute atomic E-state index is 13.5. The third kappa shape index (κ3) is 10.2. The lowest BCUT2D eigenvalue weighted by atomic mass is 10.3. The summed E-state index contributed by atoms with van der Waals surface area (Å²) in [5, 5.41) is 18.3. The first kappa shape index (κ1) is 30.9. The van der Waals surface area contributed by atoms with Gasteiger partial charge in [-0.3, -0.25) is 9.36 Å². The molecule has 0 fully saturated rings. The van der Waals surface area contributed by atoms with E-state index in [4.69, 9.17) is 29.9 Å². The molecule has 3 aromatic rings. The van der Waals surface area contributed by atoms with Crippen molar-refractivity contribution < 1.29 is 43.2 Å². The highest BCUT2D eigenvalue weighted by atomic mass is 31.2. The van der Waals surface area contributed by atoms with Crippen LogP contribution in [0.5, 0.6) is 5.75 Å². The number of nitrogens with one attached hydrogen (secondary N) is 1. The Labute approximate surface area is 223 Å². The molecule has 39 heavy (non-hydrogen) atoms. The first-order valence-corrected chi connectivity index (χ1v) is 13.1. The van der Waals surface area contributed by atoms with Crippen LogP contribution in [0, 0.1) is 0 Å². The molecule has 5 N–H and O–H groups in total. The number of carboxylic acid groups (broad SMARTS) is 2. The SMILES string of the molecule is COC(=O)[C@H](C)NP(=O)(CO[C@H](C)Cn1cnc2c(N)ncnc21)Oc1ccccc1.O=C(O)/C=C/C(=O)O. The third-order valence-corrected chi connectivity index (χ3v) is 6.50. The molecule has 0 bridgehead atoms. The summed E-state index contributed by atoms with van der Waals surface area (Å²) in [5.41, 5.74) is 6.89. The number of nitrogens with two attached hydrogens (primary N) is 1. The van der Waals surface area contributed by atoms with E-state index in [1.807, 2.05) is 13.0 Å². The van der Waals surface area contributed by atoms with E-state index >= 15 is 0 Å². The van der Waals surface area contributed by atoms with E-state index in [1.165, 1.54) is 20.4 Å². The molecule has 2 heterocycles. The number of nitrogen functional groups attached to an aromatic ring is 1. The quantitative estimate of drug-likeness (QED) is 0.140. The number of ether oxygens (including phenoxy) is 2. The van der Waals surface area contributed by atoms with Crippen molar-refractivity contribution in [2.45, 2.75) is 32.5 Å². The smallest absolute Gasteiger partial charge is 0.342 e. The number of para-hydroxylation sites is 1. The predicted molar refractivity (Wildman–Crippen MR) is 139 cm³/mol. The highest BCUT2D eigenvalue weighted by Gasteiger charge is 2.31. The van der Waals surface area contributed by atoms with Gasteiger partial charge in [0.25, 0.3) is 0 Å². The number of aromatic nitrogens is 4. The van der Waals surface area contributed by atoms with Gasteiger partial charge in [0.2, 0.25) is 0 Å². The van der Waals surface area contributed by atoms with Crippen molar-refractivity contribution in [3.8, 4) is 5.75 Å². The number of carbonyl (C=O) groups is 3. The highest BCUT2D eigenvalue weighted by molar-refractivity contribution is 7.57. The maximum atomic E-state index is 13.5. The molecular weight excluding hydrogens is 535 g/mol. The van der Waals surface area contributed by atoms with Gasteiger partial charge < -0.3 is 34.5 Å². The molecule has 0 aliphatic carbocycles. The number of hydrogen-bond acceptors (Lipinski definition) is 11. The van der Waals surface area contributed by atoms with Crippen LogP contribution in [0.3, 0.4) is 0 Å². The van der Waals surface area contributed by atoms with Crippen LogP contribution in [0.1, 0.15) is 13.8 Å². The number of anilines is 1. The fraction of sp³-hybridized carbons (Fsp3) is 0.304. The summed E-state index contributed by atoms with van der Waals surface area (Å²) in [6, 6.07) is 7.81. The molecule has 0 aliphatic heterocycles. The second-order valence-corrected chi connectivity index (χ2v) is 9.94. The van der Waals surface area contributed by atoms with Crippen LogP contribution in [-0.2, 0) is 35.0 Å². The van der Waals surface area contributed by atoms with Crippen molar-refractivity contribution in [2.24, 2.45) is 0 Å². The van der Waals surface area contributed by atoms with Crippen LogP contribution in [0.15, 0.2) is 55.1 Å². The zero-order chi connectivity index (χ0) is 29.0. The minimum absolute atomic E-state index is 0.270. The molecule has 15 nitrogen and oxygen atoms in total. The van der Waals surface area contributed by atoms with Crippen molar-refractivity contribution in [1.29, 1.82) is 0 Å². The van der Waals surface area contributed by atoms with Gasteiger partial charge in [-0.1, -0.05) is 18.2 Å². The molecular formula is C23H29N6O9P. The first-order valence-electron chi connectivity index (χ1n) is 11.3. The van der Waals surface area contributed by atoms with Crippen molar-refractivity contribution in [1.82, 2.24) is 24.6 Å². The molecule has 3 atom stereocenters. The van der Waals surface area contributed by atoms with E-state index in [1.54, 1.807) is 35.2 Å². The number of aliphatic carboxylic acids is 2. The fourth-order valence-corrected chi connectivity index (χ4v) is 4.78. The highest BCUT2D eigenvalue weighted by Crippen LogP contribution is 2.44. The van der Waals surface area contributed by atoms with Crippen LogP contribution in [-0.4, -0.2) is 73.2 Å². The van der Waals surface area contributed by atoms with Crippen molar-refractivity contribution in [3.63, 3.8) is 0 Å². The summed E-state index contributed by atoms with van der Waals surface area (Å²) in [4.78, 5) is 43.3. The third-order valence-electron chi connectivity index (χ3n) is 4.72. The topological polar surface area (TPSA) is 218 Å². The van der Waals surface area contributed by atoms with E-state index in [0.29, 0.717) is 41.4 Å². The Morgan fingerprint density at radius 2 is 1.74 bits per heavy atom. The summed E-state index contributed by atoms with van der Waals surface area (Å²) < 4.78 is 31.4. The molecule has 0 radical (unpaired) electrons. The van der Waals surface area contributed by atoms with Gasteiger partial charge in [-0.15, -0.1) is 0 Å². The number of methoxy groups -OCH3 is 1. The number of nitrogens with zero attached hydrogens (tertiary/aromatic N) is 4. The average molecular weight is 564 g/mol. The molecule has 2 aromatic heterocycles. The van der Waals surface area contributed by atoms with Crippen molar-refractivity contribution >= 4 is 42.4 Å². The van der Waals surface area contributed by atoms with Gasteiger partial charge in [0.15, 0.2) is 11.5 Å². The molecule has 0 aliphatic rings. The Balaban J connectivity index is 0.000000580. The lowest BCUT2D eigenvalue weighted by Gasteiger charge is -2.24. The predicted octanol–water partition coefficient (Wildman–Crippen LogP) is 1.91. The minimum atomic E-state index is -3.61. The molecule has 1 unspecified atom stereocenters. The number of imidazole rings is 1. The van der Waals surface area contributed by atoms with Crippen LogP contribution in [0.25, 0.3) is 11.2 Å². The Morgan fingerprint density at radius 1 is 1.10 bits per heavy atom. The largest absolute Gasteiger partial charge is 0.478 e. The van der Waals surface area contributed by atoms with Crippen LogP contribution in [0.2, 0.25) is 0 Å². The van der Waals surface area contributed by atoms with Gasteiger partial charge in [-0.2, -0.15) is 0 Å². The van der Waals surface area contributed by atoms with E-state index in [2.05, 4.69) is 20.0 Å². The van der Waals surface area contributed by atoms with Crippen LogP contribution < -0.4 is 15.3 Å². The van der Waals surface area contributed by atoms with Crippen LogP contribution >= 0.6 is 7.52 Å². The second kappa shape index (κ2) is 14.6. The van der Waals surface area contributed by atoms with E-state index in [9.17, 15) is 18.9 Å². The molecule has 1 aromatic carbocycles. The summed E-state index contributed by atoms with van der Waals surface area (Å²) >= 11 is 0. The molecule has 210 valence electrons. The number of hydrogen-bond donors (Lipinski definition) is 4. The number of esters is 1. The summed E-state index contributed by atoms with van der Waals surface area (Å²) in [6.07, 6.45) is 3.42. The van der Waals surface area contributed by atoms with Gasteiger partial charge in [0.05, 0.1) is 26.1 Å². The number of fused-ring (bicyclic) bond motifs is 1. The number of benzene rings is 1. The standard InChI is InChI=1S/C19H25N6O5P.C4H4O4/c1-13(9-25-11-23-16-17(20)21-10-22-18(16)25)29-12-31(27,24-14(2)19(26)28-3)30-15-7-5-4-6-8-15;5-3(6)1-2-4(7)8/h4-8,10-11,13-14H,9,12H2,1-3H3,(H,24,27)(H2,20,21,22);1-2H,(H,5,6)(H,7,8)/b;2-1+/t13-,14+,31?;/m1./s1. The molecule has 16 heteroatoms. The zero-order valence-corrected chi connectivity index (χ0v) is 22.2. The number of carbonyl (C=O) groups excluding carboxylic acids is 1. The molecule has 3 rings (SSSR count). The van der Waals surface area contributed by atoms with Gasteiger partial charge in [-0.05, 0) is 26.0 Å². The van der Waals surface area contributed by atoms with Gasteiger partial charge in [0.1, 0.15) is 30.0 Å². The van der Waals surface area contributed by atoms with Gasteiger partial charge >= 0.3 is 25.4 Å². The lowest BCUT2D eigenvalue weighted by Crippen LogP contribution is -2.35. The fourth-order valence-electron chi connectivity index (χ4n) is 3.00. The Bertz CT molecular complexity index is 1330. The second-order valence-electron chi connectivity index (χ2n) is 7.90. The lowest BCUT2D eigenvalue weighted by molar-refractivity contribution is -0.142. The van der Waals surface area contributed by atoms with Crippen molar-refractivity contribution in [2.75, 3.05) is 19.2 Å². The minimum Gasteiger partial charge on any atom is -0.478 e. The first-order chi connectivity index (χ1) is 18.4. The van der Waals surface area contributed by atoms with E-state index < -0.39 is 31.5 Å². The van der Waals surface area contributed by atoms with Gasteiger partial charge in [-0.25, -0.2) is 29.6 Å². The zero-order valence-electron chi connectivity index (χ0n) is 21.3. The summed E-state index contributed by atoms with van der Waals surface area (Å²) in [5.74, 6) is -2.40. The Morgan fingerprint density at radius 3 is 2.33 bits per heavy atom. The summed E-state index contributed by atoms with van der Waals surface area (Å²) in [7, 11) is -2.35. The molecule has 0 spiro atoms. The maximum Gasteiger partial charge on any atom is 0.342 e. The Hall–Kier alpha value is -4.33. The number of rotatable bonds is 12. The summed E-state index contributed by atoms with van der Waals surface area (Å²) in [6.45, 7) is 3.73. The Kier molecular flexibility index (Phi) is 11.5. The van der Waals surface area contributed by atoms with Crippen molar-refractivity contribution in [3.05, 3.63) is 55.1 Å². The molecule has 0 amide bonds. The normalized spacial score (nSPS) is 14.0. The van der Waals surface area contributed by atoms with Crippen LogP contribution in [0.4, 0.5) is 5.82 Å². The van der Waals surface area contributed by atoms with E-state index in [0.717, 1.165) is 0 Å². The molecule has 0 saturated heterocycles.